The zero-order valence-electron chi connectivity index (χ0n) is 17.3. The SMILES string of the molecule is COc1cccc(C2=N[C@H]3O[C@H](COC(C)=O)[C@@H](OC(C)=O)[C@H](OC(C)=O)[C@H]3O2)c1Cl. The normalized spacial score (nSPS) is 26.7. The van der Waals surface area contributed by atoms with Gasteiger partial charge in [0.15, 0.2) is 24.5 Å². The van der Waals surface area contributed by atoms with E-state index in [1.54, 1.807) is 18.2 Å². The highest BCUT2D eigenvalue weighted by Gasteiger charge is 2.54. The summed E-state index contributed by atoms with van der Waals surface area (Å²) in [7, 11) is 1.48. The van der Waals surface area contributed by atoms with Gasteiger partial charge in [-0.25, -0.2) is 4.99 Å². The number of aliphatic imine (C=N–C) groups is 1. The lowest BCUT2D eigenvalue weighted by Crippen LogP contribution is -2.60. The summed E-state index contributed by atoms with van der Waals surface area (Å²) in [6, 6.07) is 5.07. The Morgan fingerprint density at radius 2 is 1.74 bits per heavy atom. The first-order valence-corrected chi connectivity index (χ1v) is 9.79. The number of nitrogens with zero attached hydrogens (tertiary/aromatic N) is 1. The minimum Gasteiger partial charge on any atom is -0.495 e. The van der Waals surface area contributed by atoms with Crippen LogP contribution in [0.2, 0.25) is 5.02 Å². The molecule has 31 heavy (non-hydrogen) atoms. The first-order valence-electron chi connectivity index (χ1n) is 9.41. The van der Waals surface area contributed by atoms with E-state index in [0.29, 0.717) is 11.3 Å². The van der Waals surface area contributed by atoms with Gasteiger partial charge in [0.25, 0.3) is 0 Å². The molecule has 2 heterocycles. The Balaban J connectivity index is 1.95. The van der Waals surface area contributed by atoms with Crippen molar-refractivity contribution in [3.63, 3.8) is 0 Å². The minimum atomic E-state index is -1.09. The molecular formula is C20H22ClNO9. The third kappa shape index (κ3) is 5.08. The van der Waals surface area contributed by atoms with Crippen LogP contribution in [0.3, 0.4) is 0 Å². The van der Waals surface area contributed by atoms with E-state index < -0.39 is 48.6 Å². The first-order chi connectivity index (χ1) is 14.7. The summed E-state index contributed by atoms with van der Waals surface area (Å²) in [5.41, 5.74) is 0.446. The van der Waals surface area contributed by atoms with Gasteiger partial charge in [0.2, 0.25) is 5.90 Å². The second kappa shape index (κ2) is 9.52. The van der Waals surface area contributed by atoms with Gasteiger partial charge in [0.05, 0.1) is 17.7 Å². The Kier molecular flexibility index (Phi) is 7.01. The smallest absolute Gasteiger partial charge is 0.303 e. The number of halogens is 1. The molecule has 1 aromatic carbocycles. The van der Waals surface area contributed by atoms with Crippen LogP contribution >= 0.6 is 11.6 Å². The van der Waals surface area contributed by atoms with E-state index in [1.807, 2.05) is 0 Å². The van der Waals surface area contributed by atoms with E-state index in [4.69, 9.17) is 40.0 Å². The third-order valence-corrected chi connectivity index (χ3v) is 4.96. The van der Waals surface area contributed by atoms with Gasteiger partial charge in [-0.05, 0) is 12.1 Å². The largest absolute Gasteiger partial charge is 0.495 e. The van der Waals surface area contributed by atoms with Crippen LogP contribution in [0.5, 0.6) is 5.75 Å². The van der Waals surface area contributed by atoms with Gasteiger partial charge < -0.3 is 28.4 Å². The van der Waals surface area contributed by atoms with Crippen molar-refractivity contribution in [2.75, 3.05) is 13.7 Å². The van der Waals surface area contributed by atoms with Gasteiger partial charge in [0.1, 0.15) is 18.5 Å². The second-order valence-corrected chi connectivity index (χ2v) is 7.23. The number of ether oxygens (including phenoxy) is 6. The molecule has 11 heteroatoms. The molecule has 1 aromatic rings. The topological polar surface area (TPSA) is 119 Å². The summed E-state index contributed by atoms with van der Waals surface area (Å²) in [4.78, 5) is 39.2. The van der Waals surface area contributed by atoms with Crippen LogP contribution in [-0.4, -0.2) is 68.2 Å². The van der Waals surface area contributed by atoms with E-state index >= 15 is 0 Å². The highest BCUT2D eigenvalue weighted by Crippen LogP contribution is 2.36. The average molecular weight is 456 g/mol. The average Bonchev–Trinajstić information content (AvgIpc) is 3.11. The molecule has 5 atom stereocenters. The highest BCUT2D eigenvalue weighted by molar-refractivity contribution is 6.35. The second-order valence-electron chi connectivity index (χ2n) is 6.85. The van der Waals surface area contributed by atoms with Gasteiger partial charge in [-0.1, -0.05) is 17.7 Å². The maximum atomic E-state index is 11.8. The third-order valence-electron chi connectivity index (χ3n) is 4.57. The van der Waals surface area contributed by atoms with Gasteiger partial charge >= 0.3 is 17.9 Å². The van der Waals surface area contributed by atoms with E-state index in [0.717, 1.165) is 0 Å². The van der Waals surface area contributed by atoms with Gasteiger partial charge in [0, 0.05) is 20.8 Å². The molecule has 0 spiro atoms. The fourth-order valence-electron chi connectivity index (χ4n) is 3.36. The number of fused-ring (bicyclic) bond motifs is 1. The summed E-state index contributed by atoms with van der Waals surface area (Å²) >= 11 is 6.38. The van der Waals surface area contributed by atoms with E-state index in [9.17, 15) is 14.4 Å². The van der Waals surface area contributed by atoms with Crippen LogP contribution in [0, 0.1) is 0 Å². The standard InChI is InChI=1S/C20H22ClNO9/c1-9(23)27-8-14-16(28-10(2)24)17(29-11(3)25)18-20(30-14)22-19(31-18)12-6-5-7-13(26-4)15(12)21/h5-7,14,16-18,20H,8H2,1-4H3/t14-,16-,17+,18-,20+/m1/s1. The van der Waals surface area contributed by atoms with E-state index in [-0.39, 0.29) is 17.5 Å². The van der Waals surface area contributed by atoms with Crippen molar-refractivity contribution < 1.29 is 42.8 Å². The molecule has 0 aliphatic carbocycles. The molecule has 0 amide bonds. The van der Waals surface area contributed by atoms with Crippen molar-refractivity contribution in [3.05, 3.63) is 28.8 Å². The van der Waals surface area contributed by atoms with Crippen molar-refractivity contribution in [1.82, 2.24) is 0 Å². The van der Waals surface area contributed by atoms with Crippen molar-refractivity contribution in [3.8, 4) is 5.75 Å². The van der Waals surface area contributed by atoms with Gasteiger partial charge in [-0.3, -0.25) is 14.4 Å². The first kappa shape index (κ1) is 22.8. The molecule has 1 fully saturated rings. The predicted molar refractivity (Wildman–Crippen MR) is 106 cm³/mol. The van der Waals surface area contributed by atoms with Crippen LogP contribution < -0.4 is 4.74 Å². The Labute approximate surface area is 183 Å². The monoisotopic (exact) mass is 455 g/mol. The van der Waals surface area contributed by atoms with Crippen LogP contribution in [0.25, 0.3) is 0 Å². The Morgan fingerprint density at radius 1 is 1.06 bits per heavy atom. The number of esters is 3. The Morgan fingerprint density at radius 3 is 2.35 bits per heavy atom. The predicted octanol–water partition coefficient (Wildman–Crippen LogP) is 1.65. The van der Waals surface area contributed by atoms with Crippen LogP contribution in [0.4, 0.5) is 0 Å². The summed E-state index contributed by atoms with van der Waals surface area (Å²) in [5, 5.41) is 0.277. The Bertz CT molecular complexity index is 903. The van der Waals surface area contributed by atoms with Crippen LogP contribution in [0.15, 0.2) is 23.2 Å². The molecule has 0 saturated carbocycles. The molecule has 168 valence electrons. The molecule has 0 aromatic heterocycles. The van der Waals surface area contributed by atoms with E-state index in [2.05, 4.69) is 4.99 Å². The molecule has 10 nitrogen and oxygen atoms in total. The fourth-order valence-corrected chi connectivity index (χ4v) is 3.64. The quantitative estimate of drug-likeness (QED) is 0.465. The van der Waals surface area contributed by atoms with Crippen molar-refractivity contribution in [2.24, 2.45) is 4.99 Å². The summed E-state index contributed by atoms with van der Waals surface area (Å²) in [6.07, 6.45) is -4.93. The number of carbonyl (C=O) groups is 3. The number of carbonyl (C=O) groups excluding carboxylic acids is 3. The van der Waals surface area contributed by atoms with Gasteiger partial charge in [-0.2, -0.15) is 0 Å². The Hall–Kier alpha value is -2.85. The number of rotatable bonds is 6. The highest BCUT2D eigenvalue weighted by atomic mass is 35.5. The molecule has 0 bridgehead atoms. The van der Waals surface area contributed by atoms with Crippen molar-refractivity contribution in [1.29, 1.82) is 0 Å². The van der Waals surface area contributed by atoms with Crippen LogP contribution in [-0.2, 0) is 38.1 Å². The molecule has 3 rings (SSSR count). The zero-order valence-corrected chi connectivity index (χ0v) is 18.1. The van der Waals surface area contributed by atoms with Gasteiger partial charge in [-0.15, -0.1) is 0 Å². The number of benzene rings is 1. The number of hydrogen-bond donors (Lipinski definition) is 0. The summed E-state index contributed by atoms with van der Waals surface area (Å²) in [6.45, 7) is 3.41. The zero-order chi connectivity index (χ0) is 22.7. The molecule has 0 N–H and O–H groups in total. The minimum absolute atomic E-state index is 0.144. The van der Waals surface area contributed by atoms with Crippen molar-refractivity contribution >= 4 is 35.4 Å². The molecule has 1 saturated heterocycles. The number of hydrogen-bond acceptors (Lipinski definition) is 10. The lowest BCUT2D eigenvalue weighted by molar-refractivity contribution is -0.236. The maximum Gasteiger partial charge on any atom is 0.303 e. The summed E-state index contributed by atoms with van der Waals surface area (Å²) in [5.74, 6) is -1.24. The summed E-state index contributed by atoms with van der Waals surface area (Å²) < 4.78 is 32.9. The molecular weight excluding hydrogens is 434 g/mol. The lowest BCUT2D eigenvalue weighted by atomic mass is 9.98. The van der Waals surface area contributed by atoms with Crippen molar-refractivity contribution in [2.45, 2.75) is 51.4 Å². The molecule has 0 radical (unpaired) electrons. The molecule has 2 aliphatic rings. The fraction of sp³-hybridized carbons (Fsp3) is 0.500. The lowest BCUT2D eigenvalue weighted by Gasteiger charge is -2.40. The van der Waals surface area contributed by atoms with Crippen LogP contribution in [0.1, 0.15) is 26.3 Å². The number of methoxy groups -OCH3 is 1. The van der Waals surface area contributed by atoms with E-state index in [1.165, 1.54) is 27.9 Å². The molecule has 0 unspecified atom stereocenters. The maximum absolute atomic E-state index is 11.8. The molecule has 2 aliphatic heterocycles.